The van der Waals surface area contributed by atoms with Crippen LogP contribution in [-0.4, -0.2) is 18.4 Å². The van der Waals surface area contributed by atoms with Crippen molar-refractivity contribution in [2.24, 2.45) is 0 Å². The first kappa shape index (κ1) is 25.4. The van der Waals surface area contributed by atoms with Gasteiger partial charge in [-0.3, -0.25) is 9.59 Å². The van der Waals surface area contributed by atoms with E-state index in [1.54, 1.807) is 42.5 Å². The van der Waals surface area contributed by atoms with Gasteiger partial charge in [-0.15, -0.1) is 0 Å². The number of carbonyl (C=O) groups excluding carboxylic acids is 2. The van der Waals surface area contributed by atoms with Gasteiger partial charge in [-0.2, -0.15) is 5.26 Å². The zero-order valence-corrected chi connectivity index (χ0v) is 20.3. The molecule has 0 atom stereocenters. The smallest absolute Gasteiger partial charge is 0.266 e. The summed E-state index contributed by atoms with van der Waals surface area (Å²) in [6.07, 6.45) is 1.42. The monoisotopic (exact) mass is 533 g/mol. The molecule has 0 aliphatic rings. The number of nitrogens with one attached hydrogen (secondary N) is 2. The Bertz CT molecular complexity index is 1300. The molecule has 0 aliphatic carbocycles. The molecule has 0 aliphatic heterocycles. The van der Waals surface area contributed by atoms with Gasteiger partial charge in [0.2, 0.25) is 0 Å². The predicted octanol–water partition coefficient (Wildman–Crippen LogP) is 6.86. The fraction of sp³-hybridized carbons (Fsp3) is 0.0417. The Morgan fingerprint density at radius 3 is 2.26 bits per heavy atom. The number of halogens is 4. The van der Waals surface area contributed by atoms with Crippen molar-refractivity contribution >= 4 is 75.7 Å². The summed E-state index contributed by atoms with van der Waals surface area (Å²) in [7, 11) is 0. The van der Waals surface area contributed by atoms with Crippen LogP contribution in [0, 0.1) is 11.3 Å². The third-order valence-corrected chi connectivity index (χ3v) is 5.61. The Labute approximate surface area is 215 Å². The van der Waals surface area contributed by atoms with Crippen molar-refractivity contribution in [2.45, 2.75) is 0 Å². The van der Waals surface area contributed by atoms with Crippen LogP contribution in [0.3, 0.4) is 0 Å². The lowest BCUT2D eigenvalue weighted by Crippen LogP contribution is -2.20. The summed E-state index contributed by atoms with van der Waals surface area (Å²) < 4.78 is 5.47. The first-order valence-electron chi connectivity index (χ1n) is 9.61. The largest absolute Gasteiger partial charge is 0.484 e. The van der Waals surface area contributed by atoms with E-state index in [1.807, 2.05) is 6.07 Å². The van der Waals surface area contributed by atoms with Crippen LogP contribution in [0.1, 0.15) is 5.56 Å². The zero-order chi connectivity index (χ0) is 24.7. The molecule has 3 aromatic rings. The molecular weight excluding hydrogens is 520 g/mol. The van der Waals surface area contributed by atoms with E-state index in [-0.39, 0.29) is 17.2 Å². The summed E-state index contributed by atoms with van der Waals surface area (Å²) in [4.78, 5) is 24.5. The summed E-state index contributed by atoms with van der Waals surface area (Å²) in [6.45, 7) is -0.256. The third-order valence-electron chi connectivity index (χ3n) is 4.31. The van der Waals surface area contributed by atoms with Gasteiger partial charge in [0.15, 0.2) is 6.61 Å². The molecular formula is C24H15Cl4N3O3. The van der Waals surface area contributed by atoms with Crippen LogP contribution >= 0.6 is 46.4 Å². The van der Waals surface area contributed by atoms with Crippen molar-refractivity contribution in [1.29, 1.82) is 5.26 Å². The predicted molar refractivity (Wildman–Crippen MR) is 136 cm³/mol. The van der Waals surface area contributed by atoms with Crippen LogP contribution in [0.2, 0.25) is 20.1 Å². The number of benzene rings is 3. The molecule has 3 aromatic carbocycles. The van der Waals surface area contributed by atoms with Gasteiger partial charge in [0, 0.05) is 10.7 Å². The minimum Gasteiger partial charge on any atom is -0.484 e. The Kier molecular flexibility index (Phi) is 8.80. The standard InChI is InChI=1S/C24H15Cl4N3O3/c25-16-3-7-20(27)22(10-16)31-23(32)13-34-18-5-1-14(2-6-18)9-15(12-29)24(33)30-17-4-8-19(26)21(28)11-17/h1-11H,13H2,(H,30,33)(H,31,32)/b15-9-. The normalized spacial score (nSPS) is 10.9. The highest BCUT2D eigenvalue weighted by atomic mass is 35.5. The maximum atomic E-state index is 12.4. The van der Waals surface area contributed by atoms with Crippen LogP contribution in [0.15, 0.2) is 66.2 Å². The Balaban J connectivity index is 1.59. The highest BCUT2D eigenvalue weighted by Gasteiger charge is 2.11. The molecule has 0 saturated heterocycles. The van der Waals surface area contributed by atoms with Crippen molar-refractivity contribution in [3.8, 4) is 11.8 Å². The zero-order valence-electron chi connectivity index (χ0n) is 17.2. The van der Waals surface area contributed by atoms with E-state index >= 15 is 0 Å². The van der Waals surface area contributed by atoms with Crippen molar-refractivity contribution in [3.05, 3.63) is 91.9 Å². The molecule has 172 valence electrons. The number of anilines is 2. The van der Waals surface area contributed by atoms with Gasteiger partial charge in [-0.25, -0.2) is 0 Å². The number of nitrogens with zero attached hydrogens (tertiary/aromatic N) is 1. The minimum absolute atomic E-state index is 0.113. The molecule has 2 N–H and O–H groups in total. The fourth-order valence-electron chi connectivity index (χ4n) is 2.68. The van der Waals surface area contributed by atoms with Gasteiger partial charge >= 0.3 is 0 Å². The van der Waals surface area contributed by atoms with Crippen LogP contribution in [0.25, 0.3) is 6.08 Å². The summed E-state index contributed by atoms with van der Waals surface area (Å²) in [5.74, 6) is -0.598. The van der Waals surface area contributed by atoms with E-state index < -0.39 is 11.8 Å². The lowest BCUT2D eigenvalue weighted by atomic mass is 10.1. The minimum atomic E-state index is -0.599. The van der Waals surface area contributed by atoms with E-state index in [9.17, 15) is 14.9 Å². The Hall–Kier alpha value is -3.21. The van der Waals surface area contributed by atoms with E-state index in [1.165, 1.54) is 24.3 Å². The summed E-state index contributed by atoms with van der Waals surface area (Å²) in [5.41, 5.74) is 1.26. The van der Waals surface area contributed by atoms with Crippen molar-refractivity contribution < 1.29 is 14.3 Å². The molecule has 0 radical (unpaired) electrons. The Morgan fingerprint density at radius 2 is 1.59 bits per heavy atom. The SMILES string of the molecule is N#C/C(=C/c1ccc(OCC(=O)Nc2cc(Cl)ccc2Cl)cc1)C(=O)Nc1ccc(Cl)c(Cl)c1. The Morgan fingerprint density at radius 1 is 0.882 bits per heavy atom. The number of ether oxygens (including phenoxy) is 1. The highest BCUT2D eigenvalue weighted by molar-refractivity contribution is 6.42. The number of amides is 2. The van der Waals surface area contributed by atoms with Gasteiger partial charge < -0.3 is 15.4 Å². The molecule has 0 aromatic heterocycles. The molecule has 10 heteroatoms. The van der Waals surface area contributed by atoms with Crippen molar-refractivity contribution in [1.82, 2.24) is 0 Å². The van der Waals surface area contributed by atoms with Crippen LogP contribution in [0.4, 0.5) is 11.4 Å². The molecule has 0 spiro atoms. The first-order chi connectivity index (χ1) is 16.2. The number of rotatable bonds is 7. The van der Waals surface area contributed by atoms with Crippen LogP contribution < -0.4 is 15.4 Å². The second kappa shape index (κ2) is 11.8. The molecule has 0 unspecified atom stereocenters. The topological polar surface area (TPSA) is 91.2 Å². The van der Waals surface area contributed by atoms with E-state index in [0.29, 0.717) is 37.8 Å². The average molecular weight is 535 g/mol. The summed E-state index contributed by atoms with van der Waals surface area (Å²) in [5, 5.41) is 16.0. The van der Waals surface area contributed by atoms with E-state index in [0.717, 1.165) is 0 Å². The molecule has 3 rings (SSSR count). The number of nitriles is 1. The number of hydrogen-bond acceptors (Lipinski definition) is 4. The number of hydrogen-bond donors (Lipinski definition) is 2. The second-order valence-corrected chi connectivity index (χ2v) is 8.44. The maximum Gasteiger partial charge on any atom is 0.266 e. The first-order valence-corrected chi connectivity index (χ1v) is 11.1. The fourth-order valence-corrected chi connectivity index (χ4v) is 3.31. The summed E-state index contributed by atoms with van der Waals surface area (Å²) in [6, 6.07) is 17.7. The van der Waals surface area contributed by atoms with Gasteiger partial charge in [0.25, 0.3) is 11.8 Å². The quantitative estimate of drug-likeness (QED) is 0.256. The maximum absolute atomic E-state index is 12.4. The lowest BCUT2D eigenvalue weighted by molar-refractivity contribution is -0.118. The van der Waals surface area contributed by atoms with E-state index in [2.05, 4.69) is 10.6 Å². The van der Waals surface area contributed by atoms with Gasteiger partial charge in [0.05, 0.1) is 20.8 Å². The molecule has 34 heavy (non-hydrogen) atoms. The average Bonchev–Trinajstić information content (AvgIpc) is 2.81. The molecule has 0 bridgehead atoms. The van der Waals surface area contributed by atoms with Crippen molar-refractivity contribution in [2.75, 3.05) is 17.2 Å². The molecule has 0 saturated carbocycles. The van der Waals surface area contributed by atoms with Gasteiger partial charge in [-0.1, -0.05) is 58.5 Å². The summed E-state index contributed by atoms with van der Waals surface area (Å²) >= 11 is 23.7. The second-order valence-electron chi connectivity index (χ2n) is 6.78. The molecule has 6 nitrogen and oxygen atoms in total. The third kappa shape index (κ3) is 7.14. The number of carbonyl (C=O) groups is 2. The van der Waals surface area contributed by atoms with Gasteiger partial charge in [-0.05, 0) is 60.2 Å². The molecule has 0 fully saturated rings. The van der Waals surface area contributed by atoms with Crippen LogP contribution in [-0.2, 0) is 9.59 Å². The van der Waals surface area contributed by atoms with Crippen LogP contribution in [0.5, 0.6) is 5.75 Å². The van der Waals surface area contributed by atoms with Gasteiger partial charge in [0.1, 0.15) is 17.4 Å². The molecule has 2 amide bonds. The molecule has 0 heterocycles. The lowest BCUT2D eigenvalue weighted by Gasteiger charge is -2.09. The van der Waals surface area contributed by atoms with E-state index in [4.69, 9.17) is 51.1 Å². The van der Waals surface area contributed by atoms with Crippen molar-refractivity contribution in [3.63, 3.8) is 0 Å². The highest BCUT2D eigenvalue weighted by Crippen LogP contribution is 2.26.